The van der Waals surface area contributed by atoms with Gasteiger partial charge < -0.3 is 9.64 Å². The molecule has 6 nitrogen and oxygen atoms in total. The van der Waals surface area contributed by atoms with Gasteiger partial charge in [-0.2, -0.15) is 5.10 Å². The van der Waals surface area contributed by atoms with Gasteiger partial charge in [-0.15, -0.1) is 0 Å². The van der Waals surface area contributed by atoms with Gasteiger partial charge in [0.05, 0.1) is 19.0 Å². The number of ether oxygens (including phenoxy) is 1. The predicted octanol–water partition coefficient (Wildman–Crippen LogP) is 1.64. The maximum Gasteiger partial charge on any atom is 0.154 e. The highest BCUT2D eigenvalue weighted by Gasteiger charge is 2.29. The van der Waals surface area contributed by atoms with Gasteiger partial charge in [-0.25, -0.2) is 9.50 Å². The normalized spacial score (nSPS) is 15.1. The Balaban J connectivity index is 1.38. The molecule has 0 aromatic carbocycles. The van der Waals surface area contributed by atoms with E-state index in [-0.39, 0.29) is 0 Å². The van der Waals surface area contributed by atoms with Crippen LogP contribution in [0.25, 0.3) is 5.52 Å². The topological polar surface area (TPSA) is 55.5 Å². The van der Waals surface area contributed by atoms with Crippen molar-refractivity contribution >= 4 is 11.3 Å². The molecule has 3 aromatic heterocycles. The maximum absolute atomic E-state index is 5.74. The van der Waals surface area contributed by atoms with Crippen LogP contribution in [0.4, 0.5) is 5.82 Å². The van der Waals surface area contributed by atoms with Gasteiger partial charge in [-0.05, 0) is 18.2 Å². The second-order valence-corrected chi connectivity index (χ2v) is 5.18. The number of anilines is 1. The van der Waals surface area contributed by atoms with E-state index in [9.17, 15) is 0 Å². The highest BCUT2D eigenvalue weighted by Crippen LogP contribution is 2.26. The monoisotopic (exact) mass is 281 g/mol. The largest absolute Gasteiger partial charge is 0.492 e. The fourth-order valence-electron chi connectivity index (χ4n) is 2.58. The first-order chi connectivity index (χ1) is 10.4. The Morgan fingerprint density at radius 2 is 2.14 bits per heavy atom. The van der Waals surface area contributed by atoms with Crippen molar-refractivity contribution in [2.45, 2.75) is 0 Å². The van der Waals surface area contributed by atoms with Crippen molar-refractivity contribution < 1.29 is 4.74 Å². The minimum atomic E-state index is 0.523. The zero-order valence-electron chi connectivity index (χ0n) is 11.5. The van der Waals surface area contributed by atoms with Crippen molar-refractivity contribution in [1.29, 1.82) is 0 Å². The van der Waals surface area contributed by atoms with E-state index in [1.54, 1.807) is 24.8 Å². The van der Waals surface area contributed by atoms with Crippen molar-refractivity contribution in [3.63, 3.8) is 0 Å². The molecule has 0 bridgehead atoms. The average molecular weight is 281 g/mol. The Morgan fingerprint density at radius 1 is 1.19 bits per heavy atom. The van der Waals surface area contributed by atoms with Crippen LogP contribution in [0, 0.1) is 5.92 Å². The predicted molar refractivity (Wildman–Crippen MR) is 78.4 cm³/mol. The summed E-state index contributed by atoms with van der Waals surface area (Å²) in [4.78, 5) is 10.8. The summed E-state index contributed by atoms with van der Waals surface area (Å²) >= 11 is 0. The highest BCUT2D eigenvalue weighted by atomic mass is 16.5. The molecule has 6 heteroatoms. The summed E-state index contributed by atoms with van der Waals surface area (Å²) in [7, 11) is 0. The van der Waals surface area contributed by atoms with Crippen LogP contribution < -0.4 is 9.64 Å². The van der Waals surface area contributed by atoms with Crippen LogP contribution in [0.1, 0.15) is 0 Å². The third kappa shape index (κ3) is 2.29. The maximum atomic E-state index is 5.74. The number of rotatable bonds is 4. The van der Waals surface area contributed by atoms with Crippen LogP contribution in [-0.2, 0) is 0 Å². The Bertz CT molecular complexity index is 736. The molecule has 21 heavy (non-hydrogen) atoms. The summed E-state index contributed by atoms with van der Waals surface area (Å²) in [6, 6.07) is 5.80. The van der Waals surface area contributed by atoms with Crippen molar-refractivity contribution in [2.75, 3.05) is 24.6 Å². The average Bonchev–Trinajstić information content (AvgIpc) is 2.96. The fraction of sp³-hybridized carbons (Fsp3) is 0.267. The summed E-state index contributed by atoms with van der Waals surface area (Å²) in [5.41, 5.74) is 1.05. The van der Waals surface area contributed by atoms with Gasteiger partial charge in [0.1, 0.15) is 11.3 Å². The first-order valence-corrected chi connectivity index (χ1v) is 6.96. The highest BCUT2D eigenvalue weighted by molar-refractivity contribution is 5.69. The molecule has 3 aromatic rings. The number of hydrogen-bond acceptors (Lipinski definition) is 5. The second-order valence-electron chi connectivity index (χ2n) is 5.18. The number of fused-ring (bicyclic) bond motifs is 1. The van der Waals surface area contributed by atoms with E-state index in [4.69, 9.17) is 4.74 Å². The minimum Gasteiger partial charge on any atom is -0.492 e. The molecule has 106 valence electrons. The Kier molecular flexibility index (Phi) is 2.92. The Hall–Kier alpha value is -2.63. The van der Waals surface area contributed by atoms with Gasteiger partial charge >= 0.3 is 0 Å². The van der Waals surface area contributed by atoms with Gasteiger partial charge in [-0.3, -0.25) is 4.98 Å². The number of nitrogens with zero attached hydrogens (tertiary/aromatic N) is 5. The lowest BCUT2D eigenvalue weighted by atomic mass is 10.0. The van der Waals surface area contributed by atoms with E-state index >= 15 is 0 Å². The van der Waals surface area contributed by atoms with E-state index in [1.165, 1.54) is 0 Å². The molecular formula is C15H15N5O. The minimum absolute atomic E-state index is 0.523. The van der Waals surface area contributed by atoms with Crippen molar-refractivity contribution in [1.82, 2.24) is 19.6 Å². The van der Waals surface area contributed by atoms with Gasteiger partial charge in [-0.1, -0.05) is 0 Å². The molecule has 0 saturated carbocycles. The van der Waals surface area contributed by atoms with Gasteiger partial charge in [0, 0.05) is 37.6 Å². The molecule has 1 aliphatic rings. The zero-order chi connectivity index (χ0) is 14.1. The standard InChI is InChI=1S/C15H15N5O/c1-2-13(8-16-4-1)21-11-12-9-19(10-12)15-14-3-5-18-20(14)7-6-17-15/h1-8,12H,9-11H2. The quantitative estimate of drug-likeness (QED) is 0.727. The number of aromatic nitrogens is 4. The molecule has 0 radical (unpaired) electrons. The molecule has 0 N–H and O–H groups in total. The summed E-state index contributed by atoms with van der Waals surface area (Å²) in [5, 5.41) is 4.23. The molecule has 0 spiro atoms. The van der Waals surface area contributed by atoms with Crippen LogP contribution in [0.15, 0.2) is 49.2 Å². The van der Waals surface area contributed by atoms with Crippen LogP contribution in [-0.4, -0.2) is 39.3 Å². The van der Waals surface area contributed by atoms with Crippen LogP contribution in [0.3, 0.4) is 0 Å². The summed E-state index contributed by atoms with van der Waals surface area (Å²) in [6.45, 7) is 2.63. The third-order valence-electron chi connectivity index (χ3n) is 3.68. The molecular weight excluding hydrogens is 266 g/mol. The van der Waals surface area contributed by atoms with Crippen LogP contribution in [0.5, 0.6) is 5.75 Å². The molecule has 0 amide bonds. The van der Waals surface area contributed by atoms with E-state index in [1.807, 2.05) is 28.9 Å². The SMILES string of the molecule is c1cncc(OCC2CN(c3nccn4nccc34)C2)c1. The lowest BCUT2D eigenvalue weighted by Crippen LogP contribution is -2.49. The van der Waals surface area contributed by atoms with Crippen LogP contribution in [0.2, 0.25) is 0 Å². The number of pyridine rings is 1. The van der Waals surface area contributed by atoms with E-state index in [0.29, 0.717) is 12.5 Å². The molecule has 1 aliphatic heterocycles. The smallest absolute Gasteiger partial charge is 0.154 e. The molecule has 0 aliphatic carbocycles. The fourth-order valence-corrected chi connectivity index (χ4v) is 2.58. The lowest BCUT2D eigenvalue weighted by Gasteiger charge is -2.40. The Labute approximate surface area is 122 Å². The lowest BCUT2D eigenvalue weighted by molar-refractivity contribution is 0.219. The molecule has 1 saturated heterocycles. The molecule has 1 fully saturated rings. The zero-order valence-corrected chi connectivity index (χ0v) is 11.5. The summed E-state index contributed by atoms with van der Waals surface area (Å²) < 4.78 is 7.59. The molecule has 4 rings (SSSR count). The third-order valence-corrected chi connectivity index (χ3v) is 3.68. The molecule has 0 atom stereocenters. The van der Waals surface area contributed by atoms with Gasteiger partial charge in [0.15, 0.2) is 5.82 Å². The Morgan fingerprint density at radius 3 is 3.00 bits per heavy atom. The van der Waals surface area contributed by atoms with Crippen molar-refractivity contribution in [2.24, 2.45) is 5.92 Å². The summed E-state index contributed by atoms with van der Waals surface area (Å²) in [5.74, 6) is 2.34. The van der Waals surface area contributed by atoms with Crippen molar-refractivity contribution in [3.8, 4) is 5.75 Å². The first-order valence-electron chi connectivity index (χ1n) is 6.96. The first kappa shape index (κ1) is 12.1. The van der Waals surface area contributed by atoms with E-state index in [2.05, 4.69) is 20.0 Å². The molecule has 0 unspecified atom stereocenters. The van der Waals surface area contributed by atoms with E-state index in [0.717, 1.165) is 30.2 Å². The van der Waals surface area contributed by atoms with E-state index < -0.39 is 0 Å². The van der Waals surface area contributed by atoms with Crippen molar-refractivity contribution in [3.05, 3.63) is 49.2 Å². The van der Waals surface area contributed by atoms with Gasteiger partial charge in [0.2, 0.25) is 0 Å². The second kappa shape index (κ2) is 5.05. The summed E-state index contributed by atoms with van der Waals surface area (Å²) in [6.07, 6.45) is 8.93. The number of hydrogen-bond donors (Lipinski definition) is 0. The van der Waals surface area contributed by atoms with Crippen LogP contribution >= 0.6 is 0 Å². The molecule has 4 heterocycles. The van der Waals surface area contributed by atoms with Gasteiger partial charge in [0.25, 0.3) is 0 Å².